The summed E-state index contributed by atoms with van der Waals surface area (Å²) < 4.78 is 0. The average molecular weight is 285 g/mol. The first-order chi connectivity index (χ1) is 8.74. The molecule has 0 atom stereocenters. The Bertz CT molecular complexity index is 455. The molecule has 0 radical (unpaired) electrons. The summed E-state index contributed by atoms with van der Waals surface area (Å²) in [6.07, 6.45) is 0. The Morgan fingerprint density at radius 3 is 2.63 bits per heavy atom. The van der Waals surface area contributed by atoms with Crippen LogP contribution in [-0.2, 0) is 0 Å². The van der Waals surface area contributed by atoms with Crippen LogP contribution in [0.2, 0.25) is 5.02 Å². The van der Waals surface area contributed by atoms with Crippen molar-refractivity contribution in [2.45, 2.75) is 33.3 Å². The van der Waals surface area contributed by atoms with Crippen LogP contribution < -0.4 is 5.32 Å². The minimum atomic E-state index is -0.920. The number of likely N-dealkylation sites (N-methyl/N-ethyl adjacent to an activating group) is 1. The maximum Gasteiger partial charge on any atom is 0.321 e. The highest BCUT2D eigenvalue weighted by molar-refractivity contribution is 6.31. The van der Waals surface area contributed by atoms with Crippen LogP contribution >= 0.6 is 11.6 Å². The molecule has 0 aliphatic carbocycles. The highest BCUT2D eigenvalue weighted by Crippen LogP contribution is 2.23. The lowest BCUT2D eigenvalue weighted by atomic mass is 10.1. The number of anilines is 1. The van der Waals surface area contributed by atoms with Crippen LogP contribution in [0.25, 0.3) is 0 Å². The van der Waals surface area contributed by atoms with Gasteiger partial charge in [0.15, 0.2) is 0 Å². The largest absolute Gasteiger partial charge is 0.389 e. The smallest absolute Gasteiger partial charge is 0.321 e. The van der Waals surface area contributed by atoms with Gasteiger partial charge >= 0.3 is 6.03 Å². The predicted octanol–water partition coefficient (Wildman–Crippen LogP) is 3.27. The zero-order chi connectivity index (χ0) is 14.6. The Balaban J connectivity index is 2.80. The van der Waals surface area contributed by atoms with Crippen LogP contribution in [-0.4, -0.2) is 34.7 Å². The third kappa shape index (κ3) is 4.73. The number of nitrogens with zero attached hydrogens (tertiary/aromatic N) is 1. The molecule has 0 saturated heterocycles. The number of hydrogen-bond donors (Lipinski definition) is 2. The number of nitrogens with one attached hydrogen (secondary N) is 1. The summed E-state index contributed by atoms with van der Waals surface area (Å²) in [5.74, 6) is 0. The molecular formula is C14H21ClN2O2. The number of halogens is 1. The Labute approximate surface area is 119 Å². The maximum absolute atomic E-state index is 12.1. The van der Waals surface area contributed by atoms with Gasteiger partial charge in [0.2, 0.25) is 0 Å². The van der Waals surface area contributed by atoms with Crippen LogP contribution in [0, 0.1) is 6.92 Å². The molecule has 106 valence electrons. The maximum atomic E-state index is 12.1. The second-order valence-electron chi connectivity index (χ2n) is 5.17. The van der Waals surface area contributed by atoms with Gasteiger partial charge in [-0.05, 0) is 45.4 Å². The van der Waals surface area contributed by atoms with E-state index in [9.17, 15) is 9.90 Å². The summed E-state index contributed by atoms with van der Waals surface area (Å²) in [5.41, 5.74) is 0.597. The van der Waals surface area contributed by atoms with E-state index in [4.69, 9.17) is 11.6 Å². The summed E-state index contributed by atoms with van der Waals surface area (Å²) in [5, 5.41) is 13.2. The number of hydrogen-bond acceptors (Lipinski definition) is 2. The van der Waals surface area contributed by atoms with E-state index in [1.54, 1.807) is 36.9 Å². The van der Waals surface area contributed by atoms with Gasteiger partial charge in [0.1, 0.15) is 0 Å². The highest BCUT2D eigenvalue weighted by atomic mass is 35.5. The van der Waals surface area contributed by atoms with Crippen molar-refractivity contribution in [2.75, 3.05) is 18.4 Å². The quantitative estimate of drug-likeness (QED) is 0.891. The van der Waals surface area contributed by atoms with Gasteiger partial charge in [-0.1, -0.05) is 17.7 Å². The molecule has 0 spiro atoms. The van der Waals surface area contributed by atoms with E-state index in [0.717, 1.165) is 5.56 Å². The molecule has 0 aromatic heterocycles. The molecule has 1 rings (SSSR count). The molecule has 0 bridgehead atoms. The monoisotopic (exact) mass is 284 g/mol. The number of rotatable bonds is 4. The number of benzene rings is 1. The van der Waals surface area contributed by atoms with E-state index < -0.39 is 5.60 Å². The van der Waals surface area contributed by atoms with E-state index in [-0.39, 0.29) is 12.6 Å². The standard InChI is InChI=1S/C14H21ClN2O2/c1-5-17(9-14(3,4)19)13(18)16-12-8-6-7-11(15)10(12)2/h6-8,19H,5,9H2,1-4H3,(H,16,18). The number of amides is 2. The fourth-order valence-corrected chi connectivity index (χ4v) is 1.91. The highest BCUT2D eigenvalue weighted by Gasteiger charge is 2.21. The number of carbonyl (C=O) groups excluding carboxylic acids is 1. The third-order valence-electron chi connectivity index (χ3n) is 2.76. The van der Waals surface area contributed by atoms with Crippen LogP contribution in [0.15, 0.2) is 18.2 Å². The molecule has 2 amide bonds. The van der Waals surface area contributed by atoms with Gasteiger partial charge in [-0.3, -0.25) is 0 Å². The Kier molecular flexibility index (Phi) is 5.20. The summed E-state index contributed by atoms with van der Waals surface area (Å²) in [7, 11) is 0. The van der Waals surface area contributed by atoms with Gasteiger partial charge in [0, 0.05) is 17.3 Å². The molecule has 2 N–H and O–H groups in total. The minimum Gasteiger partial charge on any atom is -0.389 e. The lowest BCUT2D eigenvalue weighted by Gasteiger charge is -2.28. The van der Waals surface area contributed by atoms with E-state index in [0.29, 0.717) is 17.3 Å². The molecule has 0 unspecified atom stereocenters. The van der Waals surface area contributed by atoms with Gasteiger partial charge in [-0.15, -0.1) is 0 Å². The van der Waals surface area contributed by atoms with E-state index in [2.05, 4.69) is 5.32 Å². The summed E-state index contributed by atoms with van der Waals surface area (Å²) in [6.45, 7) is 7.87. The van der Waals surface area contributed by atoms with Crippen molar-refractivity contribution in [3.63, 3.8) is 0 Å². The summed E-state index contributed by atoms with van der Waals surface area (Å²) in [4.78, 5) is 13.7. The fourth-order valence-electron chi connectivity index (χ4n) is 1.73. The van der Waals surface area contributed by atoms with Crippen molar-refractivity contribution in [1.29, 1.82) is 0 Å². The van der Waals surface area contributed by atoms with E-state index >= 15 is 0 Å². The lowest BCUT2D eigenvalue weighted by molar-refractivity contribution is 0.0501. The molecule has 0 heterocycles. The molecule has 1 aromatic rings. The van der Waals surface area contributed by atoms with Gasteiger partial charge in [0.05, 0.1) is 12.1 Å². The molecular weight excluding hydrogens is 264 g/mol. The van der Waals surface area contributed by atoms with Gasteiger partial charge in [-0.25, -0.2) is 4.79 Å². The number of carbonyl (C=O) groups is 1. The van der Waals surface area contributed by atoms with E-state index in [1.165, 1.54) is 0 Å². The van der Waals surface area contributed by atoms with Crippen LogP contribution in [0.3, 0.4) is 0 Å². The first-order valence-electron chi connectivity index (χ1n) is 6.28. The molecule has 1 aromatic carbocycles. The normalized spacial score (nSPS) is 11.3. The molecule has 0 aliphatic rings. The Hall–Kier alpha value is -1.26. The van der Waals surface area contributed by atoms with Crippen molar-refractivity contribution in [2.24, 2.45) is 0 Å². The second-order valence-corrected chi connectivity index (χ2v) is 5.58. The Morgan fingerprint density at radius 1 is 1.47 bits per heavy atom. The average Bonchev–Trinajstić information content (AvgIpc) is 2.30. The SMILES string of the molecule is CCN(CC(C)(C)O)C(=O)Nc1cccc(Cl)c1C. The Morgan fingerprint density at radius 2 is 2.11 bits per heavy atom. The van der Waals surface area contributed by atoms with Gasteiger partial charge < -0.3 is 15.3 Å². The minimum absolute atomic E-state index is 0.241. The van der Waals surface area contributed by atoms with Crippen molar-refractivity contribution in [3.8, 4) is 0 Å². The molecule has 4 nitrogen and oxygen atoms in total. The van der Waals surface area contributed by atoms with Crippen molar-refractivity contribution < 1.29 is 9.90 Å². The molecule has 0 aliphatic heterocycles. The van der Waals surface area contributed by atoms with Crippen LogP contribution in [0.1, 0.15) is 26.3 Å². The zero-order valence-corrected chi connectivity index (χ0v) is 12.6. The zero-order valence-electron chi connectivity index (χ0n) is 11.8. The van der Waals surface area contributed by atoms with Crippen molar-refractivity contribution >= 4 is 23.3 Å². The van der Waals surface area contributed by atoms with Crippen LogP contribution in [0.4, 0.5) is 10.5 Å². The van der Waals surface area contributed by atoms with Crippen molar-refractivity contribution in [1.82, 2.24) is 4.90 Å². The number of urea groups is 1. The predicted molar refractivity (Wildman–Crippen MR) is 78.8 cm³/mol. The van der Waals surface area contributed by atoms with Crippen molar-refractivity contribution in [3.05, 3.63) is 28.8 Å². The fraction of sp³-hybridized carbons (Fsp3) is 0.500. The molecule has 0 saturated carbocycles. The molecule has 5 heteroatoms. The summed E-state index contributed by atoms with van der Waals surface area (Å²) in [6, 6.07) is 5.13. The van der Waals surface area contributed by atoms with Gasteiger partial charge in [0.25, 0.3) is 0 Å². The van der Waals surface area contributed by atoms with E-state index in [1.807, 2.05) is 13.8 Å². The second kappa shape index (κ2) is 6.26. The van der Waals surface area contributed by atoms with Crippen LogP contribution in [0.5, 0.6) is 0 Å². The molecule has 0 fully saturated rings. The number of aliphatic hydroxyl groups is 1. The topological polar surface area (TPSA) is 52.6 Å². The first kappa shape index (κ1) is 15.8. The third-order valence-corrected chi connectivity index (χ3v) is 3.17. The molecule has 19 heavy (non-hydrogen) atoms. The lowest BCUT2D eigenvalue weighted by Crippen LogP contribution is -2.44. The summed E-state index contributed by atoms with van der Waals surface area (Å²) >= 11 is 6.01. The van der Waals surface area contributed by atoms with Gasteiger partial charge in [-0.2, -0.15) is 0 Å². The first-order valence-corrected chi connectivity index (χ1v) is 6.66.